The Kier molecular flexibility index (Phi) is 6.23. The van der Waals surface area contributed by atoms with E-state index in [1.54, 1.807) is 6.20 Å². The minimum absolute atomic E-state index is 0.0505. The van der Waals surface area contributed by atoms with Gasteiger partial charge in [0.1, 0.15) is 5.82 Å². The summed E-state index contributed by atoms with van der Waals surface area (Å²) in [7, 11) is 0. The average Bonchev–Trinajstić information content (AvgIpc) is 2.68. The van der Waals surface area contributed by atoms with Crippen LogP contribution in [0.2, 0.25) is 0 Å². The van der Waals surface area contributed by atoms with Crippen LogP contribution in [0.1, 0.15) is 29.8 Å². The lowest BCUT2D eigenvalue weighted by Crippen LogP contribution is -2.46. The smallest absolute Gasteiger partial charge is 0.252 e. The van der Waals surface area contributed by atoms with Gasteiger partial charge >= 0.3 is 0 Å². The molecule has 0 saturated carbocycles. The summed E-state index contributed by atoms with van der Waals surface area (Å²) < 4.78 is 0. The van der Waals surface area contributed by atoms with Crippen molar-refractivity contribution < 1.29 is 4.79 Å². The summed E-state index contributed by atoms with van der Waals surface area (Å²) in [6, 6.07) is 14.4. The van der Waals surface area contributed by atoms with Crippen molar-refractivity contribution in [1.82, 2.24) is 15.2 Å². The molecule has 1 aliphatic heterocycles. The maximum Gasteiger partial charge on any atom is 0.252 e. The lowest BCUT2D eigenvalue weighted by Gasteiger charge is -2.35. The Labute approximate surface area is 156 Å². The molecule has 1 amide bonds. The van der Waals surface area contributed by atoms with Gasteiger partial charge in [-0.2, -0.15) is 0 Å². The van der Waals surface area contributed by atoms with Crippen molar-refractivity contribution in [3.8, 4) is 0 Å². The fourth-order valence-corrected chi connectivity index (χ4v) is 3.08. The van der Waals surface area contributed by atoms with Gasteiger partial charge in [-0.05, 0) is 23.6 Å². The number of pyridine rings is 1. The number of hydrogen-bond acceptors (Lipinski definition) is 4. The van der Waals surface area contributed by atoms with E-state index in [-0.39, 0.29) is 5.91 Å². The van der Waals surface area contributed by atoms with E-state index in [1.807, 2.05) is 12.1 Å². The van der Waals surface area contributed by atoms with Crippen LogP contribution in [0.4, 0.5) is 5.82 Å². The number of piperazine rings is 1. The molecule has 138 valence electrons. The Balaban J connectivity index is 1.50. The SMILES string of the molecule is CC(C)CNC(=O)c1ccc(N2CCN(Cc3ccccc3)CC2)nc1. The fourth-order valence-electron chi connectivity index (χ4n) is 3.08. The maximum absolute atomic E-state index is 12.1. The highest BCUT2D eigenvalue weighted by atomic mass is 16.1. The van der Waals surface area contributed by atoms with Crippen molar-refractivity contribution in [3.05, 3.63) is 59.8 Å². The Hall–Kier alpha value is -2.40. The Bertz CT molecular complexity index is 692. The third-order valence-corrected chi connectivity index (χ3v) is 4.63. The van der Waals surface area contributed by atoms with Gasteiger partial charge < -0.3 is 10.2 Å². The molecule has 0 bridgehead atoms. The number of anilines is 1. The maximum atomic E-state index is 12.1. The van der Waals surface area contributed by atoms with Gasteiger partial charge in [0.25, 0.3) is 5.91 Å². The zero-order valence-electron chi connectivity index (χ0n) is 15.7. The molecule has 5 nitrogen and oxygen atoms in total. The van der Waals surface area contributed by atoms with Gasteiger partial charge in [0.15, 0.2) is 0 Å². The van der Waals surface area contributed by atoms with E-state index >= 15 is 0 Å². The molecule has 1 saturated heterocycles. The number of amides is 1. The standard InChI is InChI=1S/C21H28N4O/c1-17(2)14-23-21(26)19-8-9-20(22-15-19)25-12-10-24(11-13-25)16-18-6-4-3-5-7-18/h3-9,15,17H,10-14,16H2,1-2H3,(H,23,26). The largest absolute Gasteiger partial charge is 0.354 e. The minimum atomic E-state index is -0.0505. The molecule has 0 atom stereocenters. The summed E-state index contributed by atoms with van der Waals surface area (Å²) in [5, 5.41) is 2.93. The number of hydrogen-bond donors (Lipinski definition) is 1. The van der Waals surface area contributed by atoms with Gasteiger partial charge in [0, 0.05) is 45.5 Å². The highest BCUT2D eigenvalue weighted by Crippen LogP contribution is 2.15. The molecule has 3 rings (SSSR count). The molecule has 1 N–H and O–H groups in total. The van der Waals surface area contributed by atoms with Crippen molar-refractivity contribution in [2.45, 2.75) is 20.4 Å². The highest BCUT2D eigenvalue weighted by molar-refractivity contribution is 5.94. The zero-order chi connectivity index (χ0) is 18.4. The van der Waals surface area contributed by atoms with Crippen molar-refractivity contribution in [2.24, 2.45) is 5.92 Å². The van der Waals surface area contributed by atoms with Gasteiger partial charge in [0.2, 0.25) is 0 Å². The predicted molar refractivity (Wildman–Crippen MR) is 105 cm³/mol. The molecule has 1 aromatic heterocycles. The molecule has 0 radical (unpaired) electrons. The quantitative estimate of drug-likeness (QED) is 0.868. The summed E-state index contributed by atoms with van der Waals surface area (Å²) in [6.45, 7) is 9.80. The van der Waals surface area contributed by atoms with Crippen LogP contribution in [-0.2, 0) is 6.54 Å². The number of nitrogens with zero attached hydrogens (tertiary/aromatic N) is 3. The van der Waals surface area contributed by atoms with Crippen LogP contribution in [0.3, 0.4) is 0 Å². The highest BCUT2D eigenvalue weighted by Gasteiger charge is 2.18. The Morgan fingerprint density at radius 3 is 2.42 bits per heavy atom. The van der Waals surface area contributed by atoms with Crippen LogP contribution >= 0.6 is 0 Å². The van der Waals surface area contributed by atoms with E-state index in [4.69, 9.17) is 0 Å². The molecule has 0 spiro atoms. The Morgan fingerprint density at radius 2 is 1.81 bits per heavy atom. The monoisotopic (exact) mass is 352 g/mol. The van der Waals surface area contributed by atoms with Crippen molar-refractivity contribution in [1.29, 1.82) is 0 Å². The van der Waals surface area contributed by atoms with Crippen LogP contribution < -0.4 is 10.2 Å². The van der Waals surface area contributed by atoms with Crippen molar-refractivity contribution in [3.63, 3.8) is 0 Å². The van der Waals surface area contributed by atoms with Gasteiger partial charge in [-0.1, -0.05) is 44.2 Å². The van der Waals surface area contributed by atoms with Gasteiger partial charge in [0.05, 0.1) is 5.56 Å². The van der Waals surface area contributed by atoms with Crippen LogP contribution in [-0.4, -0.2) is 48.5 Å². The third-order valence-electron chi connectivity index (χ3n) is 4.63. The number of nitrogens with one attached hydrogen (secondary N) is 1. The molecular formula is C21H28N4O. The second-order valence-electron chi connectivity index (χ2n) is 7.26. The van der Waals surface area contributed by atoms with Gasteiger partial charge in [-0.3, -0.25) is 9.69 Å². The fraction of sp³-hybridized carbons (Fsp3) is 0.429. The molecular weight excluding hydrogens is 324 g/mol. The molecule has 1 aliphatic rings. The first-order valence-electron chi connectivity index (χ1n) is 9.37. The van der Waals surface area contributed by atoms with E-state index in [1.165, 1.54) is 5.56 Å². The number of rotatable bonds is 6. The summed E-state index contributed by atoms with van der Waals surface area (Å²) in [5.41, 5.74) is 1.98. The van der Waals surface area contributed by atoms with E-state index in [9.17, 15) is 4.79 Å². The second-order valence-corrected chi connectivity index (χ2v) is 7.26. The predicted octanol–water partition coefficient (Wildman–Crippen LogP) is 2.79. The van der Waals surface area contributed by atoms with Crippen LogP contribution in [0.15, 0.2) is 48.7 Å². The third kappa shape index (κ3) is 5.05. The number of carbonyl (C=O) groups excluding carboxylic acids is 1. The van der Waals surface area contributed by atoms with E-state index in [0.29, 0.717) is 18.0 Å². The lowest BCUT2D eigenvalue weighted by molar-refractivity contribution is 0.0948. The zero-order valence-corrected chi connectivity index (χ0v) is 15.7. The number of aromatic nitrogens is 1. The molecule has 26 heavy (non-hydrogen) atoms. The average molecular weight is 352 g/mol. The first kappa shape index (κ1) is 18.4. The Morgan fingerprint density at radius 1 is 1.08 bits per heavy atom. The molecule has 1 fully saturated rings. The summed E-state index contributed by atoms with van der Waals surface area (Å²) in [6.07, 6.45) is 1.68. The molecule has 5 heteroatoms. The van der Waals surface area contributed by atoms with E-state index in [2.05, 4.69) is 64.3 Å². The summed E-state index contributed by atoms with van der Waals surface area (Å²) in [4.78, 5) is 21.3. The first-order chi connectivity index (χ1) is 12.6. The number of carbonyl (C=O) groups is 1. The topological polar surface area (TPSA) is 48.5 Å². The lowest BCUT2D eigenvalue weighted by atomic mass is 10.2. The van der Waals surface area contributed by atoms with Crippen LogP contribution in [0.25, 0.3) is 0 Å². The summed E-state index contributed by atoms with van der Waals surface area (Å²) >= 11 is 0. The van der Waals surface area contributed by atoms with Crippen LogP contribution in [0.5, 0.6) is 0 Å². The molecule has 2 aromatic rings. The number of benzene rings is 1. The normalized spacial score (nSPS) is 15.3. The molecule has 2 heterocycles. The van der Waals surface area contributed by atoms with E-state index < -0.39 is 0 Å². The molecule has 0 unspecified atom stereocenters. The van der Waals surface area contributed by atoms with Gasteiger partial charge in [-0.25, -0.2) is 4.98 Å². The molecule has 0 aliphatic carbocycles. The summed E-state index contributed by atoms with van der Waals surface area (Å²) in [5.74, 6) is 1.34. The first-order valence-corrected chi connectivity index (χ1v) is 9.37. The molecule has 1 aromatic carbocycles. The van der Waals surface area contributed by atoms with Gasteiger partial charge in [-0.15, -0.1) is 0 Å². The second kappa shape index (κ2) is 8.81. The van der Waals surface area contributed by atoms with Crippen molar-refractivity contribution >= 4 is 11.7 Å². The van der Waals surface area contributed by atoms with E-state index in [0.717, 1.165) is 38.5 Å². The minimum Gasteiger partial charge on any atom is -0.354 e. The van der Waals surface area contributed by atoms with Crippen molar-refractivity contribution in [2.75, 3.05) is 37.6 Å². The van der Waals surface area contributed by atoms with Crippen LogP contribution in [0, 0.1) is 5.92 Å².